The summed E-state index contributed by atoms with van der Waals surface area (Å²) >= 11 is 12.0. The number of nitrogens with zero attached hydrogens (tertiary/aromatic N) is 2. The second-order valence-corrected chi connectivity index (χ2v) is 5.81. The Morgan fingerprint density at radius 2 is 2.12 bits per heavy atom. The molecule has 0 saturated carbocycles. The summed E-state index contributed by atoms with van der Waals surface area (Å²) in [6, 6.07) is 10.2. The molecule has 0 aliphatic heterocycles. The number of furan rings is 1. The summed E-state index contributed by atoms with van der Waals surface area (Å²) in [7, 11) is 0. The molecule has 0 saturated heterocycles. The van der Waals surface area contributed by atoms with Crippen LogP contribution in [0, 0.1) is 6.92 Å². The highest BCUT2D eigenvalue weighted by atomic mass is 35.5. The minimum atomic E-state index is -0.414. The number of aromatic amines is 1. The van der Waals surface area contributed by atoms with Crippen LogP contribution in [0.5, 0.6) is 0 Å². The van der Waals surface area contributed by atoms with Gasteiger partial charge < -0.3 is 4.42 Å². The smallest absolute Gasteiger partial charge is 0.291 e. The van der Waals surface area contributed by atoms with Gasteiger partial charge in [-0.1, -0.05) is 23.2 Å². The molecular weight excluding hydrogens is 351 g/mol. The van der Waals surface area contributed by atoms with Gasteiger partial charge in [-0.15, -0.1) is 0 Å². The van der Waals surface area contributed by atoms with E-state index in [1.807, 2.05) is 0 Å². The lowest BCUT2D eigenvalue weighted by atomic mass is 10.2. The molecule has 0 radical (unpaired) electrons. The second kappa shape index (κ2) is 6.90. The van der Waals surface area contributed by atoms with Crippen molar-refractivity contribution in [2.45, 2.75) is 6.92 Å². The normalized spacial score (nSPS) is 11.1. The number of nitrogens with one attached hydrogen (secondary N) is 2. The summed E-state index contributed by atoms with van der Waals surface area (Å²) in [5.41, 5.74) is 4.15. The van der Waals surface area contributed by atoms with Gasteiger partial charge in [0.05, 0.1) is 11.2 Å². The van der Waals surface area contributed by atoms with Crippen LogP contribution in [0.15, 0.2) is 45.9 Å². The molecule has 0 unspecified atom stereocenters. The lowest BCUT2D eigenvalue weighted by Crippen LogP contribution is -2.17. The summed E-state index contributed by atoms with van der Waals surface area (Å²) in [6.07, 6.45) is 1.39. The van der Waals surface area contributed by atoms with Crippen molar-refractivity contribution in [2.24, 2.45) is 5.10 Å². The predicted octanol–water partition coefficient (Wildman–Crippen LogP) is 4.05. The third-order valence-corrected chi connectivity index (χ3v) is 3.67. The van der Waals surface area contributed by atoms with E-state index < -0.39 is 5.91 Å². The molecule has 0 aliphatic carbocycles. The van der Waals surface area contributed by atoms with Crippen molar-refractivity contribution in [3.05, 3.63) is 63.6 Å². The van der Waals surface area contributed by atoms with Crippen molar-refractivity contribution in [3.8, 4) is 11.3 Å². The number of rotatable bonds is 4. The van der Waals surface area contributed by atoms with Gasteiger partial charge in [0.2, 0.25) is 0 Å². The van der Waals surface area contributed by atoms with Crippen molar-refractivity contribution < 1.29 is 9.21 Å². The number of hydrogen-bond acceptors (Lipinski definition) is 4. The van der Waals surface area contributed by atoms with Crippen LogP contribution in [-0.2, 0) is 0 Å². The molecule has 6 nitrogen and oxygen atoms in total. The van der Waals surface area contributed by atoms with E-state index >= 15 is 0 Å². The minimum Gasteiger partial charge on any atom is -0.455 e. The van der Waals surface area contributed by atoms with Gasteiger partial charge in [0.25, 0.3) is 5.91 Å². The predicted molar refractivity (Wildman–Crippen MR) is 92.5 cm³/mol. The minimum absolute atomic E-state index is 0.262. The largest absolute Gasteiger partial charge is 0.455 e. The number of aromatic nitrogens is 2. The Morgan fingerprint density at radius 1 is 1.29 bits per heavy atom. The fourth-order valence-corrected chi connectivity index (χ4v) is 2.50. The Labute approximate surface area is 147 Å². The summed E-state index contributed by atoms with van der Waals surface area (Å²) in [6.45, 7) is 1.80. The number of benzene rings is 1. The molecule has 1 aromatic carbocycles. The number of H-pyrrole nitrogens is 1. The topological polar surface area (TPSA) is 83.3 Å². The third-order valence-electron chi connectivity index (χ3n) is 3.12. The zero-order chi connectivity index (χ0) is 17.1. The molecule has 1 amide bonds. The standard InChI is InChI=1S/C16H12Cl2N4O2/c1-9-6-14(21-20-9)16(23)22-19-8-11-3-5-15(24-11)12-4-2-10(17)7-13(12)18/h2-8H,1H3,(H,20,21)(H,22,23)/b19-8+. The first-order valence-corrected chi connectivity index (χ1v) is 7.69. The Bertz CT molecular complexity index is 914. The van der Waals surface area contributed by atoms with E-state index in [9.17, 15) is 4.79 Å². The first-order valence-electron chi connectivity index (χ1n) is 6.93. The van der Waals surface area contributed by atoms with E-state index in [1.54, 1.807) is 43.3 Å². The summed E-state index contributed by atoms with van der Waals surface area (Å²) < 4.78 is 5.63. The Kier molecular flexibility index (Phi) is 4.69. The fourth-order valence-electron chi connectivity index (χ4n) is 2.00. The first kappa shape index (κ1) is 16.3. The molecule has 2 aromatic heterocycles. The quantitative estimate of drug-likeness (QED) is 0.542. The first-order chi connectivity index (χ1) is 11.5. The number of amides is 1. The molecule has 3 rings (SSSR count). The Morgan fingerprint density at radius 3 is 2.83 bits per heavy atom. The highest BCUT2D eigenvalue weighted by molar-refractivity contribution is 6.36. The van der Waals surface area contributed by atoms with Gasteiger partial charge in [0.1, 0.15) is 11.5 Å². The van der Waals surface area contributed by atoms with Gasteiger partial charge in [-0.2, -0.15) is 10.2 Å². The molecule has 0 bridgehead atoms. The third kappa shape index (κ3) is 3.67. The Hall–Kier alpha value is -2.57. The number of hydrogen-bond donors (Lipinski definition) is 2. The van der Waals surface area contributed by atoms with Crippen LogP contribution >= 0.6 is 23.2 Å². The van der Waals surface area contributed by atoms with Crippen LogP contribution in [0.3, 0.4) is 0 Å². The molecule has 122 valence electrons. The van der Waals surface area contributed by atoms with E-state index in [1.165, 1.54) is 6.21 Å². The molecule has 0 atom stereocenters. The number of carbonyl (C=O) groups is 1. The van der Waals surface area contributed by atoms with Crippen molar-refractivity contribution >= 4 is 35.3 Å². The van der Waals surface area contributed by atoms with Crippen molar-refractivity contribution in [1.82, 2.24) is 15.6 Å². The summed E-state index contributed by atoms with van der Waals surface area (Å²) in [5.74, 6) is 0.630. The zero-order valence-corrected chi connectivity index (χ0v) is 14.0. The van der Waals surface area contributed by atoms with Crippen molar-refractivity contribution in [2.75, 3.05) is 0 Å². The molecule has 0 fully saturated rings. The van der Waals surface area contributed by atoms with E-state index in [0.717, 1.165) is 11.3 Å². The number of hydrazone groups is 1. The monoisotopic (exact) mass is 362 g/mol. The molecule has 24 heavy (non-hydrogen) atoms. The van der Waals surface area contributed by atoms with Crippen LogP contribution in [-0.4, -0.2) is 22.3 Å². The molecule has 2 N–H and O–H groups in total. The van der Waals surface area contributed by atoms with Gasteiger partial charge >= 0.3 is 0 Å². The molecule has 2 heterocycles. The van der Waals surface area contributed by atoms with Crippen LogP contribution < -0.4 is 5.43 Å². The fraction of sp³-hybridized carbons (Fsp3) is 0.0625. The maximum atomic E-state index is 11.8. The van der Waals surface area contributed by atoms with Gasteiger partial charge in [0, 0.05) is 16.3 Å². The van der Waals surface area contributed by atoms with Crippen LogP contribution in [0.1, 0.15) is 21.9 Å². The van der Waals surface area contributed by atoms with Gasteiger partial charge in [-0.3, -0.25) is 9.89 Å². The van der Waals surface area contributed by atoms with E-state index in [-0.39, 0.29) is 5.69 Å². The van der Waals surface area contributed by atoms with E-state index in [4.69, 9.17) is 27.6 Å². The molecular formula is C16H12Cl2N4O2. The number of aryl methyl sites for hydroxylation is 1. The molecule has 3 aromatic rings. The lowest BCUT2D eigenvalue weighted by molar-refractivity contribution is 0.0950. The van der Waals surface area contributed by atoms with Gasteiger partial charge in [0.15, 0.2) is 5.69 Å². The van der Waals surface area contributed by atoms with Gasteiger partial charge in [-0.05, 0) is 43.3 Å². The summed E-state index contributed by atoms with van der Waals surface area (Å²) in [5, 5.41) is 11.4. The zero-order valence-electron chi connectivity index (χ0n) is 12.5. The average molecular weight is 363 g/mol. The average Bonchev–Trinajstić information content (AvgIpc) is 3.16. The number of halogens is 2. The van der Waals surface area contributed by atoms with Crippen LogP contribution in [0.4, 0.5) is 0 Å². The maximum Gasteiger partial charge on any atom is 0.291 e. The van der Waals surface area contributed by atoms with Gasteiger partial charge in [-0.25, -0.2) is 5.43 Å². The maximum absolute atomic E-state index is 11.8. The van der Waals surface area contributed by atoms with Crippen LogP contribution in [0.2, 0.25) is 10.0 Å². The van der Waals surface area contributed by atoms with Crippen molar-refractivity contribution in [1.29, 1.82) is 0 Å². The number of carbonyl (C=O) groups excluding carboxylic acids is 1. The molecule has 0 aliphatic rings. The molecule has 8 heteroatoms. The lowest BCUT2D eigenvalue weighted by Gasteiger charge is -2.00. The highest BCUT2D eigenvalue weighted by Crippen LogP contribution is 2.31. The Balaban J connectivity index is 1.68. The second-order valence-electron chi connectivity index (χ2n) is 4.96. The van der Waals surface area contributed by atoms with E-state index in [0.29, 0.717) is 21.6 Å². The van der Waals surface area contributed by atoms with Crippen molar-refractivity contribution in [3.63, 3.8) is 0 Å². The summed E-state index contributed by atoms with van der Waals surface area (Å²) in [4.78, 5) is 11.8. The molecule has 0 spiro atoms. The SMILES string of the molecule is Cc1cc(C(=O)N/N=C/c2ccc(-c3ccc(Cl)cc3Cl)o2)n[nH]1. The highest BCUT2D eigenvalue weighted by Gasteiger charge is 2.09. The van der Waals surface area contributed by atoms with Crippen LogP contribution in [0.25, 0.3) is 11.3 Å². The van der Waals surface area contributed by atoms with E-state index in [2.05, 4.69) is 20.7 Å².